The third-order valence-electron chi connectivity index (χ3n) is 3.08. The summed E-state index contributed by atoms with van der Waals surface area (Å²) in [6, 6.07) is 9.14. The quantitative estimate of drug-likeness (QED) is 0.551. The molecular formula is C16H13F5N2OS. The van der Waals surface area contributed by atoms with Gasteiger partial charge in [-0.2, -0.15) is 22.0 Å². The predicted molar refractivity (Wildman–Crippen MR) is 89.1 cm³/mol. The first kappa shape index (κ1) is 18.9. The number of nitrogens with one attached hydrogen (secondary N) is 2. The topological polar surface area (TPSA) is 33.3 Å². The second-order valence-electron chi connectivity index (χ2n) is 5.00. The molecular weight excluding hydrogens is 363 g/mol. The minimum absolute atomic E-state index is 0.113. The summed E-state index contributed by atoms with van der Waals surface area (Å²) in [5.41, 5.74) is -0.311. The second-order valence-corrected chi connectivity index (χ2v) is 5.41. The Bertz CT molecular complexity index is 764. The number of aryl methyl sites for hydroxylation is 1. The maximum absolute atomic E-state index is 13.0. The molecule has 0 radical (unpaired) electrons. The summed E-state index contributed by atoms with van der Waals surface area (Å²) >= 11 is 4.98. The van der Waals surface area contributed by atoms with Gasteiger partial charge in [-0.3, -0.25) is 0 Å². The lowest BCUT2D eigenvalue weighted by molar-refractivity contribution is -0.136. The van der Waals surface area contributed by atoms with Crippen LogP contribution in [0.1, 0.15) is 11.1 Å². The van der Waals surface area contributed by atoms with Crippen LogP contribution in [0.15, 0.2) is 42.5 Å². The molecule has 0 atom stereocenters. The molecule has 0 unspecified atom stereocenters. The first-order valence-electron chi connectivity index (χ1n) is 6.96. The highest BCUT2D eigenvalue weighted by atomic mass is 32.1. The Labute approximate surface area is 145 Å². The van der Waals surface area contributed by atoms with Gasteiger partial charge in [-0.1, -0.05) is 18.2 Å². The maximum atomic E-state index is 13.0. The third-order valence-corrected chi connectivity index (χ3v) is 3.28. The van der Waals surface area contributed by atoms with Crippen LogP contribution in [0.25, 0.3) is 0 Å². The SMILES string of the molecule is Cc1ccc(OC(F)F)c(NC(=S)Nc2ccccc2C(F)(F)F)c1. The lowest BCUT2D eigenvalue weighted by Crippen LogP contribution is -2.22. The normalized spacial score (nSPS) is 11.3. The zero-order valence-corrected chi connectivity index (χ0v) is 13.6. The van der Waals surface area contributed by atoms with Crippen LogP contribution < -0.4 is 15.4 Å². The van der Waals surface area contributed by atoms with Crippen LogP contribution >= 0.6 is 12.2 Å². The van der Waals surface area contributed by atoms with Gasteiger partial charge in [0.2, 0.25) is 0 Å². The first-order chi connectivity index (χ1) is 11.7. The molecule has 2 aromatic rings. The van der Waals surface area contributed by atoms with E-state index in [1.165, 1.54) is 30.3 Å². The van der Waals surface area contributed by atoms with E-state index in [-0.39, 0.29) is 22.2 Å². The van der Waals surface area contributed by atoms with Crippen LogP contribution in [-0.2, 0) is 6.18 Å². The molecule has 0 spiro atoms. The number of thiocarbonyl (C=S) groups is 1. The Balaban J connectivity index is 2.21. The van der Waals surface area contributed by atoms with Crippen molar-refractivity contribution in [1.82, 2.24) is 0 Å². The van der Waals surface area contributed by atoms with E-state index >= 15 is 0 Å². The van der Waals surface area contributed by atoms with Gasteiger partial charge in [0.1, 0.15) is 5.75 Å². The van der Waals surface area contributed by atoms with Crippen molar-refractivity contribution >= 4 is 28.7 Å². The molecule has 0 saturated carbocycles. The van der Waals surface area contributed by atoms with Crippen LogP contribution in [0.4, 0.5) is 33.3 Å². The van der Waals surface area contributed by atoms with Gasteiger partial charge in [0.15, 0.2) is 5.11 Å². The van der Waals surface area contributed by atoms with Crippen molar-refractivity contribution in [2.45, 2.75) is 19.7 Å². The highest BCUT2D eigenvalue weighted by Gasteiger charge is 2.33. The summed E-state index contributed by atoms with van der Waals surface area (Å²) in [5, 5.41) is 4.81. The molecule has 0 heterocycles. The minimum atomic E-state index is -4.56. The Morgan fingerprint density at radius 1 is 1.04 bits per heavy atom. The Kier molecular flexibility index (Phi) is 5.78. The number of benzene rings is 2. The summed E-state index contributed by atoms with van der Waals surface area (Å²) in [4.78, 5) is 0. The molecule has 0 aliphatic rings. The van der Waals surface area contributed by atoms with Gasteiger partial charge in [-0.25, -0.2) is 0 Å². The molecule has 25 heavy (non-hydrogen) atoms. The number of anilines is 2. The van der Waals surface area contributed by atoms with E-state index in [2.05, 4.69) is 15.4 Å². The van der Waals surface area contributed by atoms with Crippen molar-refractivity contribution in [3.05, 3.63) is 53.6 Å². The molecule has 0 aliphatic heterocycles. The number of hydrogen-bond donors (Lipinski definition) is 2. The summed E-state index contributed by atoms with van der Waals surface area (Å²) in [6.07, 6.45) is -4.56. The smallest absolute Gasteiger partial charge is 0.418 e. The summed E-state index contributed by atoms with van der Waals surface area (Å²) in [6.45, 7) is -1.33. The number of para-hydroxylation sites is 1. The van der Waals surface area contributed by atoms with Gasteiger partial charge in [-0.05, 0) is 49.0 Å². The average molecular weight is 376 g/mol. The van der Waals surface area contributed by atoms with Gasteiger partial charge in [0.05, 0.1) is 16.9 Å². The predicted octanol–water partition coefficient (Wildman–Crippen LogP) is 5.42. The second kappa shape index (κ2) is 7.64. The number of alkyl halides is 5. The Morgan fingerprint density at radius 2 is 1.68 bits per heavy atom. The standard InChI is InChI=1S/C16H13F5N2OS/c1-9-6-7-13(24-14(17)18)12(8-9)23-15(25)22-11-5-3-2-4-10(11)16(19,20)21/h2-8,14H,1H3,(H2,22,23,25). The fourth-order valence-electron chi connectivity index (χ4n) is 2.06. The van der Waals surface area contributed by atoms with E-state index in [4.69, 9.17) is 12.2 Å². The largest absolute Gasteiger partial charge is 0.433 e. The molecule has 0 aromatic heterocycles. The number of halogens is 5. The van der Waals surface area contributed by atoms with Gasteiger partial charge in [0.25, 0.3) is 0 Å². The van der Waals surface area contributed by atoms with Crippen molar-refractivity contribution in [1.29, 1.82) is 0 Å². The monoisotopic (exact) mass is 376 g/mol. The molecule has 2 rings (SSSR count). The molecule has 0 bridgehead atoms. The number of rotatable bonds is 4. The van der Waals surface area contributed by atoms with E-state index in [0.29, 0.717) is 0 Å². The maximum Gasteiger partial charge on any atom is 0.418 e. The highest BCUT2D eigenvalue weighted by molar-refractivity contribution is 7.80. The van der Waals surface area contributed by atoms with Gasteiger partial charge < -0.3 is 15.4 Å². The molecule has 0 fully saturated rings. The van der Waals surface area contributed by atoms with E-state index in [1.807, 2.05) is 0 Å². The summed E-state index contributed by atoms with van der Waals surface area (Å²) in [7, 11) is 0. The third kappa shape index (κ3) is 5.28. The van der Waals surface area contributed by atoms with Crippen molar-refractivity contribution < 1.29 is 26.7 Å². The fourth-order valence-corrected chi connectivity index (χ4v) is 2.28. The van der Waals surface area contributed by atoms with Crippen molar-refractivity contribution in [2.24, 2.45) is 0 Å². The lowest BCUT2D eigenvalue weighted by atomic mass is 10.1. The zero-order chi connectivity index (χ0) is 18.6. The molecule has 9 heteroatoms. The minimum Gasteiger partial charge on any atom is -0.433 e. The molecule has 0 aliphatic carbocycles. The molecule has 2 N–H and O–H groups in total. The molecule has 0 amide bonds. The van der Waals surface area contributed by atoms with Crippen LogP contribution in [0.3, 0.4) is 0 Å². The van der Waals surface area contributed by atoms with Gasteiger partial charge in [0, 0.05) is 0 Å². The van der Waals surface area contributed by atoms with E-state index < -0.39 is 18.4 Å². The number of hydrogen-bond acceptors (Lipinski definition) is 2. The summed E-state index contributed by atoms with van der Waals surface area (Å²) in [5.74, 6) is -0.172. The Morgan fingerprint density at radius 3 is 2.32 bits per heavy atom. The molecule has 2 aromatic carbocycles. The van der Waals surface area contributed by atoms with Crippen molar-refractivity contribution in [2.75, 3.05) is 10.6 Å². The summed E-state index contributed by atoms with van der Waals surface area (Å²) < 4.78 is 68.2. The van der Waals surface area contributed by atoms with Crippen LogP contribution in [-0.4, -0.2) is 11.7 Å². The highest BCUT2D eigenvalue weighted by Crippen LogP contribution is 2.35. The van der Waals surface area contributed by atoms with E-state index in [1.54, 1.807) is 13.0 Å². The molecule has 0 saturated heterocycles. The van der Waals surface area contributed by atoms with Crippen molar-refractivity contribution in [3.63, 3.8) is 0 Å². The van der Waals surface area contributed by atoms with Crippen LogP contribution in [0.5, 0.6) is 5.75 Å². The van der Waals surface area contributed by atoms with E-state index in [9.17, 15) is 22.0 Å². The molecule has 3 nitrogen and oxygen atoms in total. The van der Waals surface area contributed by atoms with Crippen LogP contribution in [0.2, 0.25) is 0 Å². The zero-order valence-electron chi connectivity index (χ0n) is 12.8. The van der Waals surface area contributed by atoms with Gasteiger partial charge >= 0.3 is 12.8 Å². The van der Waals surface area contributed by atoms with Crippen molar-refractivity contribution in [3.8, 4) is 5.75 Å². The molecule has 134 valence electrons. The van der Waals surface area contributed by atoms with Crippen LogP contribution in [0, 0.1) is 6.92 Å². The van der Waals surface area contributed by atoms with Gasteiger partial charge in [-0.15, -0.1) is 0 Å². The number of ether oxygens (including phenoxy) is 1. The Hall–Kier alpha value is -2.42. The van der Waals surface area contributed by atoms with E-state index in [0.717, 1.165) is 11.6 Å². The first-order valence-corrected chi connectivity index (χ1v) is 7.37. The fraction of sp³-hybridized carbons (Fsp3) is 0.188. The lowest BCUT2D eigenvalue weighted by Gasteiger charge is -2.17. The average Bonchev–Trinajstić information content (AvgIpc) is 2.49.